The van der Waals surface area contributed by atoms with Gasteiger partial charge in [0.1, 0.15) is 12.3 Å². The highest BCUT2D eigenvalue weighted by atomic mass is 16.5. The second kappa shape index (κ2) is 6.33. The molecule has 0 rings (SSSR count). The van der Waals surface area contributed by atoms with Crippen molar-refractivity contribution in [2.75, 3.05) is 6.54 Å². The average molecular weight is 168 g/mol. The van der Waals surface area contributed by atoms with Gasteiger partial charge < -0.3 is 4.74 Å². The molecule has 0 amide bonds. The van der Waals surface area contributed by atoms with Crippen LogP contribution in [0.3, 0.4) is 0 Å². The number of ether oxygens (including phenoxy) is 1. The topological polar surface area (TPSA) is 64.3 Å². The van der Waals surface area contributed by atoms with Crippen molar-refractivity contribution in [2.24, 2.45) is 5.84 Å². The fraction of sp³-hybridized carbons (Fsp3) is 0.125. The van der Waals surface area contributed by atoms with Crippen LogP contribution in [0.5, 0.6) is 0 Å². The van der Waals surface area contributed by atoms with Crippen LogP contribution >= 0.6 is 0 Å². The quantitative estimate of drug-likeness (QED) is 0.203. The van der Waals surface area contributed by atoms with Crippen molar-refractivity contribution >= 4 is 5.97 Å². The van der Waals surface area contributed by atoms with Gasteiger partial charge in [0.2, 0.25) is 0 Å². The maximum atomic E-state index is 10.8. The van der Waals surface area contributed by atoms with Crippen molar-refractivity contribution in [2.45, 2.75) is 0 Å². The molecule has 0 aromatic rings. The molecule has 3 N–H and O–H groups in total. The van der Waals surface area contributed by atoms with Gasteiger partial charge in [0, 0.05) is 0 Å². The minimum Gasteiger partial charge on any atom is -0.426 e. The molecule has 12 heavy (non-hydrogen) atoms. The van der Waals surface area contributed by atoms with Crippen LogP contribution in [0, 0.1) is 0 Å². The number of nitrogens with two attached hydrogens (primary N) is 1. The van der Waals surface area contributed by atoms with Crippen molar-refractivity contribution in [3.8, 4) is 0 Å². The zero-order valence-corrected chi connectivity index (χ0v) is 6.75. The molecule has 4 nitrogen and oxygen atoms in total. The first kappa shape index (κ1) is 10.6. The summed E-state index contributed by atoms with van der Waals surface area (Å²) in [4.78, 5) is 10.8. The first-order chi connectivity index (χ1) is 5.74. The van der Waals surface area contributed by atoms with Crippen LogP contribution in [-0.2, 0) is 9.53 Å². The number of carbonyl (C=O) groups is 1. The van der Waals surface area contributed by atoms with Crippen molar-refractivity contribution in [3.63, 3.8) is 0 Å². The Kier molecular flexibility index (Phi) is 5.60. The lowest BCUT2D eigenvalue weighted by atomic mass is 10.4. The third-order valence-corrected chi connectivity index (χ3v) is 0.961. The van der Waals surface area contributed by atoms with E-state index in [4.69, 9.17) is 10.6 Å². The first-order valence-electron chi connectivity index (χ1n) is 3.34. The van der Waals surface area contributed by atoms with E-state index >= 15 is 0 Å². The van der Waals surface area contributed by atoms with E-state index in [9.17, 15) is 4.79 Å². The van der Waals surface area contributed by atoms with Gasteiger partial charge in [-0.1, -0.05) is 19.2 Å². The lowest BCUT2D eigenvalue weighted by molar-refractivity contribution is -0.137. The van der Waals surface area contributed by atoms with Crippen LogP contribution < -0.4 is 11.3 Å². The minimum absolute atomic E-state index is 0.0394. The second-order valence-electron chi connectivity index (χ2n) is 1.86. The van der Waals surface area contributed by atoms with Crippen LogP contribution in [0.15, 0.2) is 37.1 Å². The largest absolute Gasteiger partial charge is 0.426 e. The molecule has 0 fully saturated rings. The van der Waals surface area contributed by atoms with Gasteiger partial charge in [0.25, 0.3) is 0 Å². The molecule has 0 radical (unpaired) electrons. The Hall–Kier alpha value is -1.39. The number of hydrogen-bond acceptors (Lipinski definition) is 4. The number of rotatable bonds is 5. The van der Waals surface area contributed by atoms with Crippen LogP contribution in [0.1, 0.15) is 0 Å². The summed E-state index contributed by atoms with van der Waals surface area (Å²) in [6.45, 7) is 6.85. The summed E-state index contributed by atoms with van der Waals surface area (Å²) >= 11 is 0. The normalized spacial score (nSPS) is 10.6. The molecule has 4 heteroatoms. The smallest absolute Gasteiger partial charge is 0.326 e. The Bertz CT molecular complexity index is 209. The number of carbonyl (C=O) groups excluding carboxylic acids is 1. The summed E-state index contributed by atoms with van der Waals surface area (Å²) in [7, 11) is 0. The van der Waals surface area contributed by atoms with Gasteiger partial charge in [0.15, 0.2) is 0 Å². The van der Waals surface area contributed by atoms with Crippen LogP contribution in [-0.4, -0.2) is 12.5 Å². The molecule has 0 aliphatic heterocycles. The molecular formula is C8H12N2O2. The van der Waals surface area contributed by atoms with E-state index in [-0.39, 0.29) is 6.54 Å². The molecule has 0 aromatic carbocycles. The van der Waals surface area contributed by atoms with E-state index in [1.807, 2.05) is 0 Å². The van der Waals surface area contributed by atoms with Crippen molar-refractivity contribution in [1.29, 1.82) is 0 Å². The van der Waals surface area contributed by atoms with Crippen molar-refractivity contribution in [1.82, 2.24) is 5.43 Å². The molecule has 0 unspecified atom stereocenters. The third kappa shape index (κ3) is 4.43. The molecular weight excluding hydrogens is 156 g/mol. The Morgan fingerprint density at radius 2 is 2.25 bits per heavy atom. The SMILES string of the molecule is C=C/C=C(\C=C)OC(=O)CNN. The van der Waals surface area contributed by atoms with Gasteiger partial charge in [0.05, 0.1) is 0 Å². The average Bonchev–Trinajstić information content (AvgIpc) is 2.04. The zero-order chi connectivity index (χ0) is 9.40. The number of hydrazine groups is 1. The van der Waals surface area contributed by atoms with E-state index in [1.54, 1.807) is 0 Å². The predicted molar refractivity (Wildman–Crippen MR) is 46.8 cm³/mol. The van der Waals surface area contributed by atoms with Gasteiger partial charge in [-0.15, -0.1) is 0 Å². The monoisotopic (exact) mass is 168 g/mol. The Morgan fingerprint density at radius 3 is 2.67 bits per heavy atom. The molecule has 0 saturated carbocycles. The van der Waals surface area contributed by atoms with Crippen molar-refractivity contribution in [3.05, 3.63) is 37.1 Å². The molecule has 0 atom stereocenters. The maximum Gasteiger partial charge on any atom is 0.326 e. The number of hydrogen-bond donors (Lipinski definition) is 2. The van der Waals surface area contributed by atoms with E-state index in [0.29, 0.717) is 5.76 Å². The number of nitrogens with one attached hydrogen (secondary N) is 1. The first-order valence-corrected chi connectivity index (χ1v) is 3.34. The van der Waals surface area contributed by atoms with Crippen LogP contribution in [0.2, 0.25) is 0 Å². The Labute approximate surface area is 71.4 Å². The summed E-state index contributed by atoms with van der Waals surface area (Å²) in [5.41, 5.74) is 2.18. The molecule has 0 heterocycles. The highest BCUT2D eigenvalue weighted by Crippen LogP contribution is 1.98. The summed E-state index contributed by atoms with van der Waals surface area (Å²) in [6.07, 6.45) is 4.44. The summed E-state index contributed by atoms with van der Waals surface area (Å²) in [5.74, 6) is 4.79. The summed E-state index contributed by atoms with van der Waals surface area (Å²) in [6, 6.07) is 0. The van der Waals surface area contributed by atoms with Gasteiger partial charge in [-0.3, -0.25) is 10.6 Å². The molecule has 0 aromatic heterocycles. The third-order valence-electron chi connectivity index (χ3n) is 0.961. The minimum atomic E-state index is -0.467. The maximum absolute atomic E-state index is 10.8. The fourth-order valence-electron chi connectivity index (χ4n) is 0.511. The highest BCUT2D eigenvalue weighted by Gasteiger charge is 2.01. The van der Waals surface area contributed by atoms with E-state index < -0.39 is 5.97 Å². The molecule has 0 aliphatic rings. The summed E-state index contributed by atoms with van der Waals surface area (Å²) < 4.78 is 4.77. The van der Waals surface area contributed by atoms with Crippen LogP contribution in [0.25, 0.3) is 0 Å². The Morgan fingerprint density at radius 1 is 1.58 bits per heavy atom. The van der Waals surface area contributed by atoms with Gasteiger partial charge >= 0.3 is 5.97 Å². The second-order valence-corrected chi connectivity index (χ2v) is 1.86. The van der Waals surface area contributed by atoms with Crippen LogP contribution in [0.4, 0.5) is 0 Å². The lowest BCUT2D eigenvalue weighted by Gasteiger charge is -2.02. The number of esters is 1. The molecule has 0 saturated heterocycles. The predicted octanol–water partition coefficient (Wildman–Crippen LogP) is 0.249. The fourth-order valence-corrected chi connectivity index (χ4v) is 0.511. The van der Waals surface area contributed by atoms with E-state index in [2.05, 4.69) is 18.6 Å². The molecule has 0 spiro atoms. The molecule has 66 valence electrons. The highest BCUT2D eigenvalue weighted by molar-refractivity contribution is 5.73. The van der Waals surface area contributed by atoms with Gasteiger partial charge in [-0.05, 0) is 12.2 Å². The summed E-state index contributed by atoms with van der Waals surface area (Å²) in [5, 5.41) is 0. The number of allylic oxidation sites excluding steroid dienone is 3. The standard InChI is InChI=1S/C8H12N2O2/c1-3-5-7(4-2)12-8(11)6-10-9/h3-5,10H,1-2,6,9H2/b7-5+. The molecule has 0 aliphatic carbocycles. The van der Waals surface area contributed by atoms with E-state index in [1.165, 1.54) is 18.2 Å². The van der Waals surface area contributed by atoms with Crippen molar-refractivity contribution < 1.29 is 9.53 Å². The van der Waals surface area contributed by atoms with Gasteiger partial charge in [-0.25, -0.2) is 5.43 Å². The Balaban J connectivity index is 4.02. The lowest BCUT2D eigenvalue weighted by Crippen LogP contribution is -2.29. The zero-order valence-electron chi connectivity index (χ0n) is 6.75. The van der Waals surface area contributed by atoms with Gasteiger partial charge in [-0.2, -0.15) is 0 Å². The molecule has 0 bridgehead atoms. The van der Waals surface area contributed by atoms with E-state index in [0.717, 1.165) is 0 Å².